The van der Waals surface area contributed by atoms with E-state index in [2.05, 4.69) is 29.8 Å². The molecule has 1 unspecified atom stereocenters. The van der Waals surface area contributed by atoms with Crippen LogP contribution in [0.15, 0.2) is 0 Å². The third-order valence-electron chi connectivity index (χ3n) is 5.21. The van der Waals surface area contributed by atoms with Gasteiger partial charge in [-0.05, 0) is 72.9 Å². The van der Waals surface area contributed by atoms with Crippen molar-refractivity contribution in [3.05, 3.63) is 0 Å². The monoisotopic (exact) mass is 562 g/mol. The second-order valence-electron chi connectivity index (χ2n) is 10.8. The van der Waals surface area contributed by atoms with Crippen molar-refractivity contribution in [2.24, 2.45) is 28.7 Å². The summed E-state index contributed by atoms with van der Waals surface area (Å²) in [4.78, 5) is 34.0. The van der Waals surface area contributed by atoms with E-state index < -0.39 is 17.2 Å². The molecule has 0 aliphatic carbocycles. The molecule has 0 spiro atoms. The summed E-state index contributed by atoms with van der Waals surface area (Å²) in [5.41, 5.74) is 26.4. The van der Waals surface area contributed by atoms with Crippen LogP contribution in [0.5, 0.6) is 0 Å². The van der Waals surface area contributed by atoms with Crippen LogP contribution in [0.3, 0.4) is 0 Å². The first-order chi connectivity index (χ1) is 18.2. The Morgan fingerprint density at radius 3 is 1.82 bits per heavy atom. The predicted octanol–water partition coefficient (Wildman–Crippen LogP) is 0.204. The predicted molar refractivity (Wildman–Crippen MR) is 161 cm³/mol. The van der Waals surface area contributed by atoms with Gasteiger partial charge in [0.2, 0.25) is 17.7 Å². The van der Waals surface area contributed by atoms with Crippen LogP contribution in [0.4, 0.5) is 0 Å². The zero-order valence-corrected chi connectivity index (χ0v) is 25.7. The summed E-state index contributed by atoms with van der Waals surface area (Å²) in [6, 6.07) is -0.605. The second-order valence-corrected chi connectivity index (χ2v) is 10.8. The molecule has 0 aromatic heterocycles. The third kappa shape index (κ3) is 34.1. The van der Waals surface area contributed by atoms with Gasteiger partial charge in [0.05, 0.1) is 31.3 Å². The van der Waals surface area contributed by atoms with E-state index in [9.17, 15) is 14.4 Å². The molecule has 3 amide bonds. The summed E-state index contributed by atoms with van der Waals surface area (Å²) in [5.74, 6) is -0.637. The standard InChI is InChI=1S/C17H37N5O3.C6H14N2O.C4H11N/c1-16(2,20)12-25-17(3,4)8-10-21-14(23)11-22-15(24)13(19)7-5-6-9-18;1-2-3-4-8-6(9)5-7;1-2-3-4-5/h13H,5-12,18-20H2,1-4H3,(H,21,23)(H,22,24);2-5,7H2,1H3,(H,8,9);2-5H2,1H3. The van der Waals surface area contributed by atoms with E-state index >= 15 is 0 Å². The number of ether oxygens (including phenoxy) is 1. The molecule has 0 saturated heterocycles. The zero-order valence-electron chi connectivity index (χ0n) is 25.7. The van der Waals surface area contributed by atoms with Gasteiger partial charge in [0.25, 0.3) is 0 Å². The Hall–Kier alpha value is -1.83. The number of carbonyl (C=O) groups excluding carboxylic acids is 3. The number of carbonyl (C=O) groups is 3. The van der Waals surface area contributed by atoms with Crippen LogP contribution in [-0.4, -0.2) is 80.8 Å². The van der Waals surface area contributed by atoms with Crippen LogP contribution < -0.4 is 44.6 Å². The summed E-state index contributed by atoms with van der Waals surface area (Å²) >= 11 is 0. The molecule has 0 aliphatic heterocycles. The van der Waals surface area contributed by atoms with Crippen molar-refractivity contribution < 1.29 is 19.1 Å². The number of nitrogens with two attached hydrogens (primary N) is 5. The largest absolute Gasteiger partial charge is 0.374 e. The lowest BCUT2D eigenvalue weighted by atomic mass is 10.0. The van der Waals surface area contributed by atoms with E-state index in [1.54, 1.807) is 0 Å². The van der Waals surface area contributed by atoms with Gasteiger partial charge in [-0.25, -0.2) is 0 Å². The molecule has 234 valence electrons. The molecule has 0 fully saturated rings. The average molecular weight is 563 g/mol. The Morgan fingerprint density at radius 1 is 0.795 bits per heavy atom. The van der Waals surface area contributed by atoms with E-state index in [0.29, 0.717) is 32.5 Å². The van der Waals surface area contributed by atoms with E-state index in [-0.39, 0.29) is 30.8 Å². The molecule has 39 heavy (non-hydrogen) atoms. The number of rotatable bonds is 19. The lowest BCUT2D eigenvalue weighted by molar-refractivity contribution is -0.127. The van der Waals surface area contributed by atoms with Gasteiger partial charge >= 0.3 is 0 Å². The van der Waals surface area contributed by atoms with Crippen LogP contribution in [0.25, 0.3) is 0 Å². The zero-order chi connectivity index (χ0) is 30.7. The summed E-state index contributed by atoms with van der Waals surface area (Å²) in [6.07, 6.45) is 7.36. The molecule has 13 N–H and O–H groups in total. The van der Waals surface area contributed by atoms with E-state index in [0.717, 1.165) is 38.8 Å². The van der Waals surface area contributed by atoms with E-state index in [4.69, 9.17) is 33.4 Å². The molecule has 0 aromatic rings. The van der Waals surface area contributed by atoms with Crippen molar-refractivity contribution >= 4 is 17.7 Å². The van der Waals surface area contributed by atoms with E-state index in [1.807, 2.05) is 27.7 Å². The fourth-order valence-corrected chi connectivity index (χ4v) is 2.64. The minimum Gasteiger partial charge on any atom is -0.374 e. The van der Waals surface area contributed by atoms with Crippen LogP contribution >= 0.6 is 0 Å². The highest BCUT2D eigenvalue weighted by Crippen LogP contribution is 2.15. The van der Waals surface area contributed by atoms with Gasteiger partial charge in [-0.2, -0.15) is 0 Å². The number of unbranched alkanes of at least 4 members (excludes halogenated alkanes) is 3. The van der Waals surface area contributed by atoms with Crippen LogP contribution in [0.2, 0.25) is 0 Å². The van der Waals surface area contributed by atoms with Crippen molar-refractivity contribution in [2.75, 3.05) is 45.9 Å². The maximum Gasteiger partial charge on any atom is 0.239 e. The molecule has 12 heteroatoms. The fraction of sp³-hybridized carbons (Fsp3) is 0.889. The first kappa shape index (κ1) is 41.6. The normalized spacial score (nSPS) is 11.8. The van der Waals surface area contributed by atoms with Gasteiger partial charge in [-0.15, -0.1) is 0 Å². The summed E-state index contributed by atoms with van der Waals surface area (Å²) in [7, 11) is 0. The summed E-state index contributed by atoms with van der Waals surface area (Å²) < 4.78 is 5.78. The molecule has 0 rings (SSSR count). The number of nitrogens with one attached hydrogen (secondary N) is 3. The summed E-state index contributed by atoms with van der Waals surface area (Å²) in [5, 5.41) is 7.98. The van der Waals surface area contributed by atoms with Crippen LogP contribution in [0, 0.1) is 0 Å². The number of amides is 3. The molecule has 0 bridgehead atoms. The molecule has 0 radical (unpaired) electrons. The highest BCUT2D eigenvalue weighted by molar-refractivity contribution is 5.87. The highest BCUT2D eigenvalue weighted by atomic mass is 16.5. The van der Waals surface area contributed by atoms with Gasteiger partial charge in [-0.1, -0.05) is 33.1 Å². The SMILES string of the molecule is CC(C)(N)COC(C)(C)CCNC(=O)CNC(=O)C(N)CCCCN.CCCCN.CCCCNC(=O)CN. The van der Waals surface area contributed by atoms with Gasteiger partial charge in [-0.3, -0.25) is 14.4 Å². The number of hydrogen-bond acceptors (Lipinski definition) is 9. The van der Waals surface area contributed by atoms with Crippen molar-refractivity contribution in [3.8, 4) is 0 Å². The molecule has 12 nitrogen and oxygen atoms in total. The topological polar surface area (TPSA) is 227 Å². The quantitative estimate of drug-likeness (QED) is 0.100. The van der Waals surface area contributed by atoms with Gasteiger partial charge in [0.1, 0.15) is 0 Å². The van der Waals surface area contributed by atoms with Crippen LogP contribution in [-0.2, 0) is 19.1 Å². The minimum absolute atomic E-state index is 0.0662. The average Bonchev–Trinajstić information content (AvgIpc) is 2.87. The maximum atomic E-state index is 11.8. The minimum atomic E-state index is -0.605. The van der Waals surface area contributed by atoms with Crippen molar-refractivity contribution in [1.29, 1.82) is 0 Å². The van der Waals surface area contributed by atoms with Crippen molar-refractivity contribution in [3.63, 3.8) is 0 Å². The second kappa shape index (κ2) is 26.4. The van der Waals surface area contributed by atoms with Crippen molar-refractivity contribution in [2.45, 2.75) is 110 Å². The lowest BCUT2D eigenvalue weighted by Gasteiger charge is -2.30. The van der Waals surface area contributed by atoms with Crippen molar-refractivity contribution in [1.82, 2.24) is 16.0 Å². The highest BCUT2D eigenvalue weighted by Gasteiger charge is 2.22. The Bertz CT molecular complexity index is 611. The smallest absolute Gasteiger partial charge is 0.239 e. The van der Waals surface area contributed by atoms with E-state index in [1.165, 1.54) is 12.8 Å². The summed E-state index contributed by atoms with van der Waals surface area (Å²) in [6.45, 7) is 15.0. The molecular weight excluding hydrogens is 500 g/mol. The third-order valence-corrected chi connectivity index (χ3v) is 5.21. The lowest BCUT2D eigenvalue weighted by Crippen LogP contribution is -2.46. The Morgan fingerprint density at radius 2 is 1.36 bits per heavy atom. The molecule has 0 aliphatic rings. The molecule has 0 heterocycles. The van der Waals surface area contributed by atoms with Gasteiger partial charge in [0, 0.05) is 18.6 Å². The van der Waals surface area contributed by atoms with Gasteiger partial charge < -0.3 is 49.4 Å². The Labute approximate surface area is 237 Å². The first-order valence-electron chi connectivity index (χ1n) is 14.3. The molecule has 0 saturated carbocycles. The van der Waals surface area contributed by atoms with Gasteiger partial charge in [0.15, 0.2) is 0 Å². The Balaban J connectivity index is -0.000000755. The fourth-order valence-electron chi connectivity index (χ4n) is 2.64. The first-order valence-corrected chi connectivity index (χ1v) is 14.3. The maximum absolute atomic E-state index is 11.8. The van der Waals surface area contributed by atoms with Crippen LogP contribution in [0.1, 0.15) is 92.9 Å². The molecular formula is C27H62N8O4. The molecule has 0 aromatic carbocycles. The molecule has 1 atom stereocenters. The number of hydrogen-bond donors (Lipinski definition) is 8. The Kier molecular flexibility index (Phi) is 28.2.